The quantitative estimate of drug-likeness (QED) is 0.909. The first kappa shape index (κ1) is 12.9. The van der Waals surface area contributed by atoms with Crippen molar-refractivity contribution in [1.29, 1.82) is 0 Å². The minimum absolute atomic E-state index is 0.0484. The van der Waals surface area contributed by atoms with E-state index in [2.05, 4.69) is 0 Å². The van der Waals surface area contributed by atoms with Gasteiger partial charge in [-0.05, 0) is 13.0 Å². The second kappa shape index (κ2) is 4.64. The Kier molecular flexibility index (Phi) is 3.16. The van der Waals surface area contributed by atoms with Crippen molar-refractivity contribution in [3.05, 3.63) is 33.7 Å². The second-order valence-corrected chi connectivity index (χ2v) is 3.89. The van der Waals surface area contributed by atoms with Gasteiger partial charge in [0.1, 0.15) is 5.58 Å². The van der Waals surface area contributed by atoms with Crippen molar-refractivity contribution in [1.82, 2.24) is 0 Å². The minimum Gasteiger partial charge on any atom is -0.493 e. The highest BCUT2D eigenvalue weighted by Gasteiger charge is 2.18. The summed E-state index contributed by atoms with van der Waals surface area (Å²) in [7, 11) is 2.89. The fraction of sp³-hybridized carbons (Fsp3) is 0.231. The fourth-order valence-electron chi connectivity index (χ4n) is 1.82. The topological polar surface area (TPSA) is 86.0 Å². The van der Waals surface area contributed by atoms with Crippen LogP contribution in [0.2, 0.25) is 0 Å². The lowest BCUT2D eigenvalue weighted by molar-refractivity contribution is 0.0661. The van der Waals surface area contributed by atoms with Crippen LogP contribution in [0, 0.1) is 6.92 Å². The standard InChI is InChI=1S/C13H12O6/c1-6-11(14)7-4-9(17-2)10(18-3)5-8(7)19-12(6)13(15)16/h4-5H,1-3H3,(H,15,16). The molecule has 0 fully saturated rings. The van der Waals surface area contributed by atoms with Gasteiger partial charge in [0.25, 0.3) is 0 Å². The number of aromatic carboxylic acids is 1. The van der Waals surface area contributed by atoms with Crippen LogP contribution < -0.4 is 14.9 Å². The summed E-state index contributed by atoms with van der Waals surface area (Å²) in [5.74, 6) is -0.917. The van der Waals surface area contributed by atoms with E-state index < -0.39 is 11.4 Å². The number of methoxy groups -OCH3 is 2. The largest absolute Gasteiger partial charge is 0.493 e. The van der Waals surface area contributed by atoms with Crippen LogP contribution in [0.5, 0.6) is 11.5 Å². The summed E-state index contributed by atoms with van der Waals surface area (Å²) in [5.41, 5.74) is -0.211. The van der Waals surface area contributed by atoms with Crippen molar-refractivity contribution in [2.75, 3.05) is 14.2 Å². The average Bonchev–Trinajstić information content (AvgIpc) is 2.41. The third-order valence-electron chi connectivity index (χ3n) is 2.82. The van der Waals surface area contributed by atoms with E-state index in [4.69, 9.17) is 19.0 Å². The molecule has 1 heterocycles. The third kappa shape index (κ3) is 2.01. The predicted octanol–water partition coefficient (Wildman–Crippen LogP) is 1.82. The van der Waals surface area contributed by atoms with Crippen LogP contribution in [-0.4, -0.2) is 25.3 Å². The smallest absolute Gasteiger partial charge is 0.372 e. The van der Waals surface area contributed by atoms with Crippen LogP contribution in [0.3, 0.4) is 0 Å². The molecular weight excluding hydrogens is 252 g/mol. The zero-order chi connectivity index (χ0) is 14.2. The number of hydrogen-bond acceptors (Lipinski definition) is 5. The number of carboxylic acids is 1. The number of carboxylic acid groups (broad SMARTS) is 1. The third-order valence-corrected chi connectivity index (χ3v) is 2.82. The molecule has 1 aromatic carbocycles. The maximum atomic E-state index is 12.1. The Morgan fingerprint density at radius 1 is 1.21 bits per heavy atom. The Morgan fingerprint density at radius 3 is 2.32 bits per heavy atom. The number of ether oxygens (including phenoxy) is 2. The molecule has 6 nitrogen and oxygen atoms in total. The molecule has 0 saturated heterocycles. The first-order valence-corrected chi connectivity index (χ1v) is 5.42. The summed E-state index contributed by atoms with van der Waals surface area (Å²) >= 11 is 0. The summed E-state index contributed by atoms with van der Waals surface area (Å²) in [4.78, 5) is 23.1. The van der Waals surface area contributed by atoms with Crippen molar-refractivity contribution >= 4 is 16.9 Å². The van der Waals surface area contributed by atoms with Gasteiger partial charge in [0.05, 0.1) is 19.6 Å². The molecule has 0 aliphatic rings. The van der Waals surface area contributed by atoms with Crippen LogP contribution in [0.15, 0.2) is 21.3 Å². The van der Waals surface area contributed by atoms with Gasteiger partial charge in [-0.3, -0.25) is 4.79 Å². The maximum Gasteiger partial charge on any atom is 0.372 e. The van der Waals surface area contributed by atoms with E-state index in [9.17, 15) is 9.59 Å². The summed E-state index contributed by atoms with van der Waals surface area (Å²) in [5, 5.41) is 9.24. The van der Waals surface area contributed by atoms with Gasteiger partial charge in [0.15, 0.2) is 16.9 Å². The summed E-state index contributed by atoms with van der Waals surface area (Å²) in [6.07, 6.45) is 0. The molecule has 2 rings (SSSR count). The van der Waals surface area contributed by atoms with Gasteiger partial charge in [-0.25, -0.2) is 4.79 Å². The highest BCUT2D eigenvalue weighted by Crippen LogP contribution is 2.31. The lowest BCUT2D eigenvalue weighted by Gasteiger charge is -2.09. The van der Waals surface area contributed by atoms with Crippen LogP contribution >= 0.6 is 0 Å². The molecule has 0 aliphatic heterocycles. The summed E-state index contributed by atoms with van der Waals surface area (Å²) in [6, 6.07) is 2.90. The first-order chi connectivity index (χ1) is 8.99. The average molecular weight is 264 g/mol. The molecule has 1 N–H and O–H groups in total. The predicted molar refractivity (Wildman–Crippen MR) is 67.3 cm³/mol. The van der Waals surface area contributed by atoms with Gasteiger partial charge in [-0.1, -0.05) is 0 Å². The number of benzene rings is 1. The van der Waals surface area contributed by atoms with Gasteiger partial charge in [-0.2, -0.15) is 0 Å². The lowest BCUT2D eigenvalue weighted by Crippen LogP contribution is -2.12. The van der Waals surface area contributed by atoms with Crippen LogP contribution in [0.1, 0.15) is 16.1 Å². The van der Waals surface area contributed by atoms with Crippen LogP contribution in [-0.2, 0) is 0 Å². The summed E-state index contributed by atoms with van der Waals surface area (Å²) in [6.45, 7) is 1.41. The number of rotatable bonds is 3. The van der Waals surface area contributed by atoms with E-state index in [1.54, 1.807) is 0 Å². The summed E-state index contributed by atoms with van der Waals surface area (Å²) < 4.78 is 15.4. The minimum atomic E-state index is -1.29. The van der Waals surface area contributed by atoms with E-state index in [1.807, 2.05) is 0 Å². The normalized spacial score (nSPS) is 10.5. The van der Waals surface area contributed by atoms with Gasteiger partial charge in [0, 0.05) is 11.6 Å². The SMILES string of the molecule is COc1cc2oc(C(=O)O)c(C)c(=O)c2cc1OC. The van der Waals surface area contributed by atoms with Crippen molar-refractivity contribution in [3.63, 3.8) is 0 Å². The van der Waals surface area contributed by atoms with Gasteiger partial charge < -0.3 is 19.0 Å². The van der Waals surface area contributed by atoms with E-state index in [0.717, 1.165) is 0 Å². The van der Waals surface area contributed by atoms with E-state index in [0.29, 0.717) is 11.5 Å². The van der Waals surface area contributed by atoms with Crippen molar-refractivity contribution in [2.24, 2.45) is 0 Å². The molecule has 0 aliphatic carbocycles. The number of hydrogen-bond donors (Lipinski definition) is 1. The number of fused-ring (bicyclic) bond motifs is 1. The molecule has 0 amide bonds. The van der Waals surface area contributed by atoms with Gasteiger partial charge in [0.2, 0.25) is 5.76 Å². The Bertz CT molecular complexity index is 713. The van der Waals surface area contributed by atoms with Crippen molar-refractivity contribution < 1.29 is 23.8 Å². The van der Waals surface area contributed by atoms with E-state index in [-0.39, 0.29) is 22.3 Å². The molecular formula is C13H12O6. The van der Waals surface area contributed by atoms with Crippen molar-refractivity contribution in [3.8, 4) is 11.5 Å². The zero-order valence-electron chi connectivity index (χ0n) is 10.6. The Balaban J connectivity index is 2.89. The highest BCUT2D eigenvalue weighted by molar-refractivity contribution is 5.90. The Morgan fingerprint density at radius 2 is 1.79 bits per heavy atom. The maximum absolute atomic E-state index is 12.1. The van der Waals surface area contributed by atoms with E-state index >= 15 is 0 Å². The molecule has 0 atom stereocenters. The molecule has 19 heavy (non-hydrogen) atoms. The molecule has 0 saturated carbocycles. The van der Waals surface area contributed by atoms with Crippen LogP contribution in [0.4, 0.5) is 0 Å². The molecule has 2 aromatic rings. The van der Waals surface area contributed by atoms with E-state index in [1.165, 1.54) is 33.3 Å². The molecule has 100 valence electrons. The van der Waals surface area contributed by atoms with Gasteiger partial charge in [-0.15, -0.1) is 0 Å². The Labute approximate surface area is 108 Å². The highest BCUT2D eigenvalue weighted by atomic mass is 16.5. The van der Waals surface area contributed by atoms with Gasteiger partial charge >= 0.3 is 5.97 Å². The molecule has 6 heteroatoms. The Hall–Kier alpha value is -2.50. The molecule has 0 spiro atoms. The van der Waals surface area contributed by atoms with Crippen LogP contribution in [0.25, 0.3) is 11.0 Å². The molecule has 0 unspecified atom stereocenters. The monoisotopic (exact) mass is 264 g/mol. The molecule has 0 radical (unpaired) electrons. The molecule has 0 bridgehead atoms. The molecule has 1 aromatic heterocycles. The fourth-order valence-corrected chi connectivity index (χ4v) is 1.82. The zero-order valence-corrected chi connectivity index (χ0v) is 10.6. The lowest BCUT2D eigenvalue weighted by atomic mass is 10.1. The van der Waals surface area contributed by atoms with Crippen molar-refractivity contribution in [2.45, 2.75) is 6.92 Å². The second-order valence-electron chi connectivity index (χ2n) is 3.89. The number of carbonyl (C=O) groups is 1. The first-order valence-electron chi connectivity index (χ1n) is 5.42.